The average molecular weight is 249 g/mol. The molecule has 0 aliphatic carbocycles. The number of hydrogen-bond donors (Lipinski definition) is 2. The Labute approximate surface area is 104 Å². The number of benzene rings is 1. The highest BCUT2D eigenvalue weighted by Gasteiger charge is 2.09. The van der Waals surface area contributed by atoms with E-state index in [2.05, 4.69) is 30.4 Å². The van der Waals surface area contributed by atoms with Gasteiger partial charge in [-0.25, -0.2) is 0 Å². The van der Waals surface area contributed by atoms with Crippen LogP contribution >= 0.6 is 11.3 Å². The SMILES string of the molecule is CC(NCCC(=O)O)c1cc2ccccc2s1. The number of carboxylic acids is 1. The van der Waals surface area contributed by atoms with E-state index in [0.29, 0.717) is 6.54 Å². The second-order valence-corrected chi connectivity index (χ2v) is 5.12. The first-order valence-corrected chi connectivity index (χ1v) is 6.42. The van der Waals surface area contributed by atoms with E-state index >= 15 is 0 Å². The highest BCUT2D eigenvalue weighted by Crippen LogP contribution is 2.29. The lowest BCUT2D eigenvalue weighted by atomic mass is 10.2. The van der Waals surface area contributed by atoms with Gasteiger partial charge < -0.3 is 10.4 Å². The standard InChI is InChI=1S/C13H15NO2S/c1-9(14-7-6-13(15)16)12-8-10-4-2-3-5-11(10)17-12/h2-5,8-9,14H,6-7H2,1H3,(H,15,16). The van der Waals surface area contributed by atoms with E-state index < -0.39 is 5.97 Å². The molecule has 2 aromatic rings. The van der Waals surface area contributed by atoms with Crippen molar-refractivity contribution in [3.63, 3.8) is 0 Å². The number of carbonyl (C=O) groups is 1. The Balaban J connectivity index is 2.03. The maximum atomic E-state index is 10.4. The van der Waals surface area contributed by atoms with Crippen LogP contribution in [0.3, 0.4) is 0 Å². The summed E-state index contributed by atoms with van der Waals surface area (Å²) in [6, 6.07) is 10.6. The number of aliphatic carboxylic acids is 1. The molecule has 2 rings (SSSR count). The number of hydrogen-bond acceptors (Lipinski definition) is 3. The minimum atomic E-state index is -0.763. The van der Waals surface area contributed by atoms with Crippen molar-refractivity contribution in [3.8, 4) is 0 Å². The van der Waals surface area contributed by atoms with Crippen molar-refractivity contribution in [2.24, 2.45) is 0 Å². The Morgan fingerprint density at radius 2 is 2.24 bits per heavy atom. The summed E-state index contributed by atoms with van der Waals surface area (Å²) in [6.45, 7) is 2.57. The van der Waals surface area contributed by atoms with Crippen LogP contribution in [0.15, 0.2) is 30.3 Å². The maximum absolute atomic E-state index is 10.4. The zero-order valence-electron chi connectivity index (χ0n) is 9.64. The molecule has 90 valence electrons. The summed E-state index contributed by atoms with van der Waals surface area (Å²) < 4.78 is 1.27. The molecule has 0 fully saturated rings. The van der Waals surface area contributed by atoms with Gasteiger partial charge in [0, 0.05) is 22.2 Å². The largest absolute Gasteiger partial charge is 0.481 e. The van der Waals surface area contributed by atoms with Crippen molar-refractivity contribution >= 4 is 27.4 Å². The van der Waals surface area contributed by atoms with Gasteiger partial charge in [0.05, 0.1) is 6.42 Å². The van der Waals surface area contributed by atoms with Crippen LogP contribution in [0.5, 0.6) is 0 Å². The van der Waals surface area contributed by atoms with Gasteiger partial charge >= 0.3 is 5.97 Å². The third kappa shape index (κ3) is 3.05. The van der Waals surface area contributed by atoms with Crippen molar-refractivity contribution in [1.29, 1.82) is 0 Å². The summed E-state index contributed by atoms with van der Waals surface area (Å²) >= 11 is 1.75. The van der Waals surface area contributed by atoms with Crippen LogP contribution in [0.25, 0.3) is 10.1 Å². The summed E-state index contributed by atoms with van der Waals surface area (Å²) in [5.74, 6) is -0.763. The molecular formula is C13H15NO2S. The lowest BCUT2D eigenvalue weighted by molar-refractivity contribution is -0.136. The predicted octanol–water partition coefficient (Wildman–Crippen LogP) is 3.03. The molecule has 1 aromatic heterocycles. The quantitative estimate of drug-likeness (QED) is 0.856. The first-order valence-electron chi connectivity index (χ1n) is 5.60. The molecule has 4 heteroatoms. The first-order chi connectivity index (χ1) is 8.16. The minimum Gasteiger partial charge on any atom is -0.481 e. The van der Waals surface area contributed by atoms with Crippen LogP contribution in [0.2, 0.25) is 0 Å². The van der Waals surface area contributed by atoms with Gasteiger partial charge in [-0.05, 0) is 24.4 Å². The van der Waals surface area contributed by atoms with Gasteiger partial charge in [-0.3, -0.25) is 4.79 Å². The number of fused-ring (bicyclic) bond motifs is 1. The van der Waals surface area contributed by atoms with Crippen molar-refractivity contribution in [2.45, 2.75) is 19.4 Å². The number of thiophene rings is 1. The molecule has 3 nitrogen and oxygen atoms in total. The number of carboxylic acid groups (broad SMARTS) is 1. The molecule has 17 heavy (non-hydrogen) atoms. The Morgan fingerprint density at radius 1 is 1.47 bits per heavy atom. The molecule has 0 aliphatic heterocycles. The van der Waals surface area contributed by atoms with E-state index in [-0.39, 0.29) is 12.5 Å². The summed E-state index contributed by atoms with van der Waals surface area (Å²) in [5.41, 5.74) is 0. The normalized spacial score (nSPS) is 12.8. The van der Waals surface area contributed by atoms with Crippen molar-refractivity contribution in [1.82, 2.24) is 5.32 Å². The molecule has 1 heterocycles. The molecule has 0 radical (unpaired) electrons. The Hall–Kier alpha value is -1.39. The molecule has 0 saturated heterocycles. The van der Waals surface area contributed by atoms with Crippen LogP contribution in [-0.4, -0.2) is 17.6 Å². The van der Waals surface area contributed by atoms with E-state index in [0.717, 1.165) is 0 Å². The van der Waals surface area contributed by atoms with Gasteiger partial charge in [-0.2, -0.15) is 0 Å². The zero-order valence-corrected chi connectivity index (χ0v) is 10.5. The Morgan fingerprint density at radius 3 is 2.94 bits per heavy atom. The first kappa shape index (κ1) is 12.1. The van der Waals surface area contributed by atoms with Gasteiger partial charge in [-0.15, -0.1) is 11.3 Å². The van der Waals surface area contributed by atoms with E-state index in [9.17, 15) is 4.79 Å². The van der Waals surface area contributed by atoms with Gasteiger partial charge in [0.25, 0.3) is 0 Å². The maximum Gasteiger partial charge on any atom is 0.304 e. The summed E-state index contributed by atoms with van der Waals surface area (Å²) in [7, 11) is 0. The fraction of sp³-hybridized carbons (Fsp3) is 0.308. The molecule has 1 aromatic carbocycles. The predicted molar refractivity (Wildman–Crippen MR) is 70.5 cm³/mol. The fourth-order valence-corrected chi connectivity index (χ4v) is 2.80. The average Bonchev–Trinajstić information content (AvgIpc) is 2.71. The lowest BCUT2D eigenvalue weighted by Gasteiger charge is -2.10. The molecule has 0 saturated carbocycles. The van der Waals surface area contributed by atoms with Crippen molar-refractivity contribution in [2.75, 3.05) is 6.54 Å². The third-order valence-corrected chi connectivity index (χ3v) is 3.96. The van der Waals surface area contributed by atoms with Crippen LogP contribution < -0.4 is 5.32 Å². The molecule has 1 unspecified atom stereocenters. The Kier molecular flexibility index (Phi) is 3.76. The minimum absolute atomic E-state index is 0.162. The van der Waals surface area contributed by atoms with Crippen molar-refractivity contribution < 1.29 is 9.90 Å². The van der Waals surface area contributed by atoms with Crippen LogP contribution in [0.4, 0.5) is 0 Å². The summed E-state index contributed by atoms with van der Waals surface area (Å²) in [6.07, 6.45) is 0.162. The number of rotatable bonds is 5. The smallest absolute Gasteiger partial charge is 0.304 e. The van der Waals surface area contributed by atoms with Crippen LogP contribution in [-0.2, 0) is 4.79 Å². The number of nitrogens with one attached hydrogen (secondary N) is 1. The van der Waals surface area contributed by atoms with E-state index in [4.69, 9.17) is 5.11 Å². The Bertz CT molecular complexity index is 488. The van der Waals surface area contributed by atoms with Crippen LogP contribution in [0.1, 0.15) is 24.3 Å². The molecule has 0 bridgehead atoms. The van der Waals surface area contributed by atoms with Gasteiger partial charge in [0.15, 0.2) is 0 Å². The molecular weight excluding hydrogens is 234 g/mol. The van der Waals surface area contributed by atoms with Crippen molar-refractivity contribution in [3.05, 3.63) is 35.2 Å². The van der Waals surface area contributed by atoms with Crippen LogP contribution in [0, 0.1) is 0 Å². The summed E-state index contributed by atoms with van der Waals surface area (Å²) in [5, 5.41) is 13.0. The van der Waals surface area contributed by atoms with Gasteiger partial charge in [-0.1, -0.05) is 18.2 Å². The molecule has 2 N–H and O–H groups in total. The monoisotopic (exact) mass is 249 g/mol. The second kappa shape index (κ2) is 5.29. The second-order valence-electron chi connectivity index (χ2n) is 4.01. The highest BCUT2D eigenvalue weighted by atomic mass is 32.1. The molecule has 0 aliphatic rings. The summed E-state index contributed by atoms with van der Waals surface area (Å²) in [4.78, 5) is 11.7. The molecule has 0 amide bonds. The van der Waals surface area contributed by atoms with Gasteiger partial charge in [0.1, 0.15) is 0 Å². The van der Waals surface area contributed by atoms with E-state index in [1.165, 1.54) is 15.0 Å². The molecule has 0 spiro atoms. The van der Waals surface area contributed by atoms with Gasteiger partial charge in [0.2, 0.25) is 0 Å². The lowest BCUT2D eigenvalue weighted by Crippen LogP contribution is -2.21. The van der Waals surface area contributed by atoms with E-state index in [1.807, 2.05) is 12.1 Å². The zero-order chi connectivity index (χ0) is 12.3. The van der Waals surface area contributed by atoms with E-state index in [1.54, 1.807) is 11.3 Å². The fourth-order valence-electron chi connectivity index (χ4n) is 1.71. The third-order valence-electron chi connectivity index (χ3n) is 2.66. The molecule has 1 atom stereocenters. The topological polar surface area (TPSA) is 49.3 Å². The highest BCUT2D eigenvalue weighted by molar-refractivity contribution is 7.19.